The van der Waals surface area contributed by atoms with Crippen molar-refractivity contribution in [1.82, 2.24) is 0 Å². The first-order valence-electron chi connectivity index (χ1n) is 9.11. The Labute approximate surface area is 165 Å². The number of fused-ring (bicyclic) bond motifs is 1. The highest BCUT2D eigenvalue weighted by Crippen LogP contribution is 2.39. The van der Waals surface area contributed by atoms with Crippen LogP contribution in [-0.4, -0.2) is 12.5 Å². The van der Waals surface area contributed by atoms with E-state index >= 15 is 0 Å². The Bertz CT molecular complexity index is 998. The highest BCUT2D eigenvalue weighted by Gasteiger charge is 2.39. The van der Waals surface area contributed by atoms with Gasteiger partial charge in [-0.05, 0) is 29.3 Å². The molecule has 4 nitrogen and oxygen atoms in total. The lowest BCUT2D eigenvalue weighted by Crippen LogP contribution is -2.29. The van der Waals surface area contributed by atoms with Gasteiger partial charge in [0.25, 0.3) is 0 Å². The van der Waals surface area contributed by atoms with E-state index in [0.29, 0.717) is 12.3 Å². The molecule has 29 heavy (non-hydrogen) atoms. The van der Waals surface area contributed by atoms with Crippen molar-refractivity contribution in [3.05, 3.63) is 89.4 Å². The number of carbonyl (C=O) groups is 1. The number of furan rings is 1. The number of para-hydroxylation sites is 1. The van der Waals surface area contributed by atoms with Gasteiger partial charge < -0.3 is 14.1 Å². The molecule has 1 atom stereocenters. The molecule has 2 heterocycles. The van der Waals surface area contributed by atoms with Gasteiger partial charge in [-0.15, -0.1) is 0 Å². The first kappa shape index (κ1) is 19.3. The molecule has 0 bridgehead atoms. The summed E-state index contributed by atoms with van der Waals surface area (Å²) in [5.41, 5.74) is 2.46. The standard InChI is InChI=1S/C22H18F3NO3/c23-22(24,25)20-11-10-16(29-20)12-26-19-9-5-4-8-17(19)18(21(26)27)14-28-13-15-6-2-1-3-7-15/h1-11,18H,12-14H2. The minimum atomic E-state index is -4.56. The van der Waals surface area contributed by atoms with E-state index in [1.54, 1.807) is 12.1 Å². The summed E-state index contributed by atoms with van der Waals surface area (Å²) in [6.07, 6.45) is -4.56. The summed E-state index contributed by atoms with van der Waals surface area (Å²) in [5, 5.41) is 0. The Morgan fingerprint density at radius 2 is 1.69 bits per heavy atom. The maximum absolute atomic E-state index is 13.0. The van der Waals surface area contributed by atoms with Crippen LogP contribution in [0, 0.1) is 0 Å². The lowest BCUT2D eigenvalue weighted by molar-refractivity contribution is -0.153. The van der Waals surface area contributed by atoms with Gasteiger partial charge in [-0.2, -0.15) is 13.2 Å². The SMILES string of the molecule is O=C1C(COCc2ccccc2)c2ccccc2N1Cc1ccc(C(F)(F)F)o1. The molecule has 1 amide bonds. The fourth-order valence-electron chi connectivity index (χ4n) is 3.43. The molecule has 0 radical (unpaired) electrons. The normalized spacial score (nSPS) is 16.3. The lowest BCUT2D eigenvalue weighted by atomic mass is 10.0. The molecule has 0 N–H and O–H groups in total. The molecule has 0 saturated carbocycles. The van der Waals surface area contributed by atoms with E-state index < -0.39 is 17.9 Å². The van der Waals surface area contributed by atoms with E-state index in [9.17, 15) is 18.0 Å². The Hall–Kier alpha value is -3.06. The van der Waals surface area contributed by atoms with Gasteiger partial charge in [-0.25, -0.2) is 0 Å². The Balaban J connectivity index is 1.49. The number of benzene rings is 2. The molecule has 1 aliphatic heterocycles. The first-order chi connectivity index (χ1) is 13.9. The zero-order chi connectivity index (χ0) is 20.4. The monoisotopic (exact) mass is 401 g/mol. The largest absolute Gasteiger partial charge is 0.455 e. The van der Waals surface area contributed by atoms with E-state index in [0.717, 1.165) is 17.2 Å². The summed E-state index contributed by atoms with van der Waals surface area (Å²) in [5.74, 6) is -1.72. The van der Waals surface area contributed by atoms with Crippen molar-refractivity contribution in [1.29, 1.82) is 0 Å². The number of amides is 1. The van der Waals surface area contributed by atoms with Gasteiger partial charge in [0.05, 0.1) is 25.7 Å². The fraction of sp³-hybridized carbons (Fsp3) is 0.227. The number of alkyl halides is 3. The van der Waals surface area contributed by atoms with E-state index in [4.69, 9.17) is 9.15 Å². The molecular formula is C22H18F3NO3. The third kappa shape index (κ3) is 4.05. The number of ether oxygens (including phenoxy) is 1. The molecule has 2 aromatic carbocycles. The summed E-state index contributed by atoms with van der Waals surface area (Å²) in [6.45, 7) is 0.494. The summed E-state index contributed by atoms with van der Waals surface area (Å²) in [6, 6.07) is 19.0. The van der Waals surface area contributed by atoms with Crippen molar-refractivity contribution in [2.24, 2.45) is 0 Å². The molecule has 1 aromatic heterocycles. The van der Waals surface area contributed by atoms with E-state index in [2.05, 4.69) is 0 Å². The van der Waals surface area contributed by atoms with Crippen molar-refractivity contribution in [3.8, 4) is 0 Å². The van der Waals surface area contributed by atoms with Crippen LogP contribution < -0.4 is 4.90 Å². The second-order valence-electron chi connectivity index (χ2n) is 6.80. The van der Waals surface area contributed by atoms with Gasteiger partial charge in [0, 0.05) is 5.69 Å². The van der Waals surface area contributed by atoms with Gasteiger partial charge in [0.2, 0.25) is 11.7 Å². The predicted octanol–water partition coefficient (Wildman–Crippen LogP) is 5.15. The summed E-state index contributed by atoms with van der Waals surface area (Å²) >= 11 is 0. The van der Waals surface area contributed by atoms with E-state index in [-0.39, 0.29) is 24.8 Å². The molecule has 1 unspecified atom stereocenters. The molecule has 1 aliphatic rings. The van der Waals surface area contributed by atoms with Crippen LogP contribution in [0.15, 0.2) is 71.1 Å². The summed E-state index contributed by atoms with van der Waals surface area (Å²) < 4.78 is 49.0. The van der Waals surface area contributed by atoms with Crippen LogP contribution in [0.5, 0.6) is 0 Å². The number of halogens is 3. The second kappa shape index (κ2) is 7.75. The van der Waals surface area contributed by atoms with Crippen LogP contribution in [0.1, 0.15) is 28.6 Å². The van der Waals surface area contributed by atoms with Crippen LogP contribution >= 0.6 is 0 Å². The van der Waals surface area contributed by atoms with E-state index in [1.165, 1.54) is 11.0 Å². The van der Waals surface area contributed by atoms with Crippen molar-refractivity contribution >= 4 is 11.6 Å². The topological polar surface area (TPSA) is 42.7 Å². The maximum Gasteiger partial charge on any atom is 0.449 e. The molecule has 150 valence electrons. The van der Waals surface area contributed by atoms with Crippen molar-refractivity contribution < 1.29 is 27.1 Å². The van der Waals surface area contributed by atoms with Crippen LogP contribution in [0.3, 0.4) is 0 Å². The summed E-state index contributed by atoms with van der Waals surface area (Å²) in [4.78, 5) is 14.4. The quantitative estimate of drug-likeness (QED) is 0.574. The smallest absolute Gasteiger partial charge is 0.449 e. The van der Waals surface area contributed by atoms with Crippen molar-refractivity contribution in [2.75, 3.05) is 11.5 Å². The van der Waals surface area contributed by atoms with Gasteiger partial charge >= 0.3 is 6.18 Å². The highest BCUT2D eigenvalue weighted by atomic mass is 19.4. The molecule has 0 aliphatic carbocycles. The third-order valence-electron chi connectivity index (χ3n) is 4.82. The van der Waals surface area contributed by atoms with Crippen LogP contribution in [-0.2, 0) is 28.9 Å². The zero-order valence-corrected chi connectivity index (χ0v) is 15.4. The average Bonchev–Trinajstić information content (AvgIpc) is 3.28. The lowest BCUT2D eigenvalue weighted by Gasteiger charge is -2.17. The summed E-state index contributed by atoms with van der Waals surface area (Å²) in [7, 11) is 0. The van der Waals surface area contributed by atoms with Crippen LogP contribution in [0.4, 0.5) is 18.9 Å². The van der Waals surface area contributed by atoms with Gasteiger partial charge in [-0.3, -0.25) is 4.79 Å². The number of carbonyl (C=O) groups excluding carboxylic acids is 1. The average molecular weight is 401 g/mol. The third-order valence-corrected chi connectivity index (χ3v) is 4.82. The molecule has 7 heteroatoms. The molecule has 0 spiro atoms. The highest BCUT2D eigenvalue weighted by molar-refractivity contribution is 6.04. The fourth-order valence-corrected chi connectivity index (χ4v) is 3.43. The number of nitrogens with zero attached hydrogens (tertiary/aromatic N) is 1. The Morgan fingerprint density at radius 1 is 0.966 bits per heavy atom. The number of hydrogen-bond donors (Lipinski definition) is 0. The van der Waals surface area contributed by atoms with Crippen molar-refractivity contribution in [2.45, 2.75) is 25.2 Å². The van der Waals surface area contributed by atoms with Crippen LogP contribution in [0.2, 0.25) is 0 Å². The Kier molecular flexibility index (Phi) is 5.15. The van der Waals surface area contributed by atoms with Crippen molar-refractivity contribution in [3.63, 3.8) is 0 Å². The minimum absolute atomic E-state index is 0.0683. The number of rotatable bonds is 6. The Morgan fingerprint density at radius 3 is 2.41 bits per heavy atom. The zero-order valence-electron chi connectivity index (χ0n) is 15.4. The van der Waals surface area contributed by atoms with Gasteiger partial charge in [-0.1, -0.05) is 48.5 Å². The molecule has 3 aromatic rings. The first-order valence-corrected chi connectivity index (χ1v) is 9.11. The van der Waals surface area contributed by atoms with Crippen LogP contribution in [0.25, 0.3) is 0 Å². The molecule has 0 saturated heterocycles. The predicted molar refractivity (Wildman–Crippen MR) is 100 cm³/mol. The molecular weight excluding hydrogens is 383 g/mol. The van der Waals surface area contributed by atoms with Gasteiger partial charge in [0.15, 0.2) is 0 Å². The minimum Gasteiger partial charge on any atom is -0.455 e. The van der Waals surface area contributed by atoms with Gasteiger partial charge in [0.1, 0.15) is 5.76 Å². The molecule has 0 fully saturated rings. The van der Waals surface area contributed by atoms with E-state index in [1.807, 2.05) is 42.5 Å². The second-order valence-corrected chi connectivity index (χ2v) is 6.80. The number of anilines is 1. The molecule has 4 rings (SSSR count). The maximum atomic E-state index is 13.0. The number of hydrogen-bond acceptors (Lipinski definition) is 3.